The Morgan fingerprint density at radius 1 is 1.38 bits per heavy atom. The summed E-state index contributed by atoms with van der Waals surface area (Å²) >= 11 is 0. The molecular weight excluding hydrogens is 316 g/mol. The second kappa shape index (κ2) is 6.52. The summed E-state index contributed by atoms with van der Waals surface area (Å²) in [6, 6.07) is 3.15. The average Bonchev–Trinajstić information content (AvgIpc) is 3.01. The second-order valence-electron chi connectivity index (χ2n) is 5.01. The summed E-state index contributed by atoms with van der Waals surface area (Å²) in [4.78, 5) is 27.7. The molecule has 0 bridgehead atoms. The van der Waals surface area contributed by atoms with Crippen LogP contribution in [0.1, 0.15) is 21.7 Å². The number of methoxy groups -OCH3 is 2. The second-order valence-corrected chi connectivity index (χ2v) is 5.01. The van der Waals surface area contributed by atoms with Crippen LogP contribution in [0.5, 0.6) is 11.8 Å². The van der Waals surface area contributed by atoms with Crippen molar-refractivity contribution < 1.29 is 19.1 Å². The lowest BCUT2D eigenvalue weighted by Crippen LogP contribution is -2.35. The zero-order valence-corrected chi connectivity index (χ0v) is 13.2. The molecule has 3 rings (SSSR count). The number of carbonyl (C=O) groups is 2. The average molecular weight is 332 g/mol. The lowest BCUT2D eigenvalue weighted by molar-refractivity contribution is -0.122. The van der Waals surface area contributed by atoms with Gasteiger partial charge in [-0.1, -0.05) is 5.21 Å². The minimum Gasteiger partial charge on any atom is -0.481 e. The predicted molar refractivity (Wildman–Crippen MR) is 80.4 cm³/mol. The summed E-state index contributed by atoms with van der Waals surface area (Å²) in [5.41, 5.74) is 1.66. The number of rotatable bonds is 5. The highest BCUT2D eigenvalue weighted by Crippen LogP contribution is 2.19. The maximum atomic E-state index is 12.3. The molecule has 0 fully saturated rings. The van der Waals surface area contributed by atoms with E-state index in [9.17, 15) is 9.59 Å². The molecule has 10 heteroatoms. The van der Waals surface area contributed by atoms with Crippen molar-refractivity contribution in [1.82, 2.24) is 30.6 Å². The molecular formula is C14H16N6O4. The van der Waals surface area contributed by atoms with Gasteiger partial charge in [-0.15, -0.1) is 5.10 Å². The molecule has 0 aromatic carbocycles. The van der Waals surface area contributed by atoms with Gasteiger partial charge < -0.3 is 20.1 Å². The van der Waals surface area contributed by atoms with Crippen LogP contribution in [0.3, 0.4) is 0 Å². The number of fused-ring (bicyclic) bond motifs is 1. The van der Waals surface area contributed by atoms with E-state index in [0.717, 1.165) is 5.69 Å². The number of pyridine rings is 1. The first-order chi connectivity index (χ1) is 11.6. The van der Waals surface area contributed by atoms with Gasteiger partial charge in [0.15, 0.2) is 0 Å². The molecule has 2 aromatic rings. The summed E-state index contributed by atoms with van der Waals surface area (Å²) in [7, 11) is 2.91. The molecule has 0 atom stereocenters. The van der Waals surface area contributed by atoms with E-state index in [4.69, 9.17) is 9.47 Å². The molecule has 126 valence electrons. The first-order valence-electron chi connectivity index (χ1n) is 7.17. The van der Waals surface area contributed by atoms with Gasteiger partial charge in [-0.25, -0.2) is 4.68 Å². The van der Waals surface area contributed by atoms with Crippen LogP contribution < -0.4 is 20.1 Å². The minimum absolute atomic E-state index is 0.114. The zero-order chi connectivity index (χ0) is 17.1. The molecule has 1 aliphatic heterocycles. The van der Waals surface area contributed by atoms with E-state index in [1.807, 2.05) is 0 Å². The van der Waals surface area contributed by atoms with E-state index in [1.54, 1.807) is 12.1 Å². The van der Waals surface area contributed by atoms with E-state index in [1.165, 1.54) is 18.9 Å². The molecule has 0 aliphatic carbocycles. The van der Waals surface area contributed by atoms with Gasteiger partial charge in [0.2, 0.25) is 17.7 Å². The Labute approximate surface area is 137 Å². The van der Waals surface area contributed by atoms with Crippen LogP contribution in [0.2, 0.25) is 0 Å². The van der Waals surface area contributed by atoms with Crippen molar-refractivity contribution in [3.8, 4) is 11.8 Å². The van der Waals surface area contributed by atoms with Gasteiger partial charge in [-0.05, 0) is 6.07 Å². The molecule has 0 saturated heterocycles. The number of nitrogens with one attached hydrogen (secondary N) is 2. The molecule has 0 spiro atoms. The highest BCUT2D eigenvalue weighted by Gasteiger charge is 2.21. The van der Waals surface area contributed by atoms with Gasteiger partial charge in [0.25, 0.3) is 5.91 Å². The number of nitrogens with zero attached hydrogens (tertiary/aromatic N) is 4. The van der Waals surface area contributed by atoms with Crippen molar-refractivity contribution in [3.63, 3.8) is 0 Å². The van der Waals surface area contributed by atoms with Crippen molar-refractivity contribution in [2.75, 3.05) is 14.2 Å². The quantitative estimate of drug-likeness (QED) is 0.739. The zero-order valence-electron chi connectivity index (χ0n) is 13.2. The Hall–Kier alpha value is -3.17. The van der Waals surface area contributed by atoms with E-state index in [0.29, 0.717) is 18.1 Å². The number of carbonyl (C=O) groups excluding carboxylic acids is 2. The molecule has 3 heterocycles. The molecule has 24 heavy (non-hydrogen) atoms. The predicted octanol–water partition coefficient (Wildman–Crippen LogP) is -0.750. The Morgan fingerprint density at radius 3 is 2.96 bits per heavy atom. The van der Waals surface area contributed by atoms with E-state index in [-0.39, 0.29) is 36.3 Å². The van der Waals surface area contributed by atoms with E-state index >= 15 is 0 Å². The number of ether oxygens (including phenoxy) is 2. The Balaban J connectivity index is 1.71. The monoisotopic (exact) mass is 332 g/mol. The van der Waals surface area contributed by atoms with Crippen LogP contribution in [0.4, 0.5) is 0 Å². The highest BCUT2D eigenvalue weighted by atomic mass is 16.5. The number of amides is 2. The third kappa shape index (κ3) is 2.98. The fraction of sp³-hybridized carbons (Fsp3) is 0.357. The highest BCUT2D eigenvalue weighted by molar-refractivity contribution is 5.96. The van der Waals surface area contributed by atoms with Crippen molar-refractivity contribution in [2.24, 2.45) is 0 Å². The fourth-order valence-electron chi connectivity index (χ4n) is 2.33. The SMILES string of the molecule is COc1ccc(C(=O)NCc2nnn3c2CNC(=O)C3)c(OC)n1. The van der Waals surface area contributed by atoms with Crippen molar-refractivity contribution in [1.29, 1.82) is 0 Å². The molecule has 2 aromatic heterocycles. The summed E-state index contributed by atoms with van der Waals surface area (Å²) in [5.74, 6) is 0.0521. The Morgan fingerprint density at radius 2 is 2.21 bits per heavy atom. The van der Waals surface area contributed by atoms with Gasteiger partial charge in [-0.2, -0.15) is 4.98 Å². The van der Waals surface area contributed by atoms with E-state index in [2.05, 4.69) is 25.9 Å². The molecule has 0 unspecified atom stereocenters. The van der Waals surface area contributed by atoms with Gasteiger partial charge in [0.05, 0.1) is 33.0 Å². The van der Waals surface area contributed by atoms with Crippen LogP contribution in [0, 0.1) is 0 Å². The van der Waals surface area contributed by atoms with Crippen LogP contribution >= 0.6 is 0 Å². The normalized spacial score (nSPS) is 13.0. The van der Waals surface area contributed by atoms with Crippen molar-refractivity contribution >= 4 is 11.8 Å². The molecule has 1 aliphatic rings. The maximum absolute atomic E-state index is 12.3. The summed E-state index contributed by atoms with van der Waals surface area (Å²) < 4.78 is 11.6. The third-order valence-corrected chi connectivity index (χ3v) is 3.56. The Bertz CT molecular complexity index is 788. The Kier molecular flexibility index (Phi) is 4.27. The van der Waals surface area contributed by atoms with Crippen LogP contribution in [-0.2, 0) is 24.4 Å². The smallest absolute Gasteiger partial charge is 0.257 e. The topological polar surface area (TPSA) is 120 Å². The fourth-order valence-corrected chi connectivity index (χ4v) is 2.33. The summed E-state index contributed by atoms with van der Waals surface area (Å²) in [5, 5.41) is 13.4. The first kappa shape index (κ1) is 15.7. The molecule has 0 radical (unpaired) electrons. The minimum atomic E-state index is -0.358. The van der Waals surface area contributed by atoms with Crippen LogP contribution in [-0.4, -0.2) is 46.0 Å². The third-order valence-electron chi connectivity index (χ3n) is 3.56. The van der Waals surface area contributed by atoms with Crippen LogP contribution in [0.25, 0.3) is 0 Å². The van der Waals surface area contributed by atoms with Gasteiger partial charge >= 0.3 is 0 Å². The standard InChI is InChI=1S/C14H16N6O4/c1-23-12-4-3-8(14(17-12)24-2)13(22)16-5-9-10-6-15-11(21)7-20(10)19-18-9/h3-4H,5-7H2,1-2H3,(H,15,21)(H,16,22). The largest absolute Gasteiger partial charge is 0.481 e. The van der Waals surface area contributed by atoms with Crippen molar-refractivity contribution in [3.05, 3.63) is 29.1 Å². The number of hydrogen-bond acceptors (Lipinski definition) is 7. The van der Waals surface area contributed by atoms with Crippen molar-refractivity contribution in [2.45, 2.75) is 19.6 Å². The van der Waals surface area contributed by atoms with Gasteiger partial charge in [0, 0.05) is 6.07 Å². The lowest BCUT2D eigenvalue weighted by atomic mass is 10.2. The number of hydrogen-bond donors (Lipinski definition) is 2. The first-order valence-corrected chi connectivity index (χ1v) is 7.17. The van der Waals surface area contributed by atoms with Crippen LogP contribution in [0.15, 0.2) is 12.1 Å². The molecule has 10 nitrogen and oxygen atoms in total. The molecule has 2 N–H and O–H groups in total. The van der Waals surface area contributed by atoms with Gasteiger partial charge in [0.1, 0.15) is 17.8 Å². The van der Waals surface area contributed by atoms with Gasteiger partial charge in [-0.3, -0.25) is 9.59 Å². The maximum Gasteiger partial charge on any atom is 0.257 e. The lowest BCUT2D eigenvalue weighted by Gasteiger charge is -2.14. The molecule has 2 amide bonds. The summed E-state index contributed by atoms with van der Waals surface area (Å²) in [6.45, 7) is 0.649. The summed E-state index contributed by atoms with van der Waals surface area (Å²) in [6.07, 6.45) is 0. The van der Waals surface area contributed by atoms with E-state index < -0.39 is 0 Å². The molecule has 0 saturated carbocycles. The number of aromatic nitrogens is 4.